The first-order valence-electron chi connectivity index (χ1n) is 6.67. The zero-order chi connectivity index (χ0) is 15.8. The predicted octanol–water partition coefficient (Wildman–Crippen LogP) is 1.79. The van der Waals surface area contributed by atoms with Crippen molar-refractivity contribution in [3.63, 3.8) is 0 Å². The van der Waals surface area contributed by atoms with Crippen molar-refractivity contribution in [2.45, 2.75) is 25.9 Å². The molecule has 1 aromatic rings. The number of rotatable bonds is 3. The first-order chi connectivity index (χ1) is 9.75. The minimum Gasteiger partial charge on any atom is -0.343 e. The fourth-order valence-electron chi connectivity index (χ4n) is 2.57. The standard InChI is InChI=1S/C14H18FN3O3/c1-14(2)13(19)16(3)7-8-17(14)9-10-5-4-6-11(12(10)15)18(20)21/h4-6H,7-9H2,1-3H3. The van der Waals surface area contributed by atoms with Crippen molar-refractivity contribution in [1.82, 2.24) is 9.80 Å². The number of carbonyl (C=O) groups excluding carboxylic acids is 1. The van der Waals surface area contributed by atoms with E-state index in [0.717, 1.165) is 6.07 Å². The summed E-state index contributed by atoms with van der Waals surface area (Å²) in [6.45, 7) is 4.87. The van der Waals surface area contributed by atoms with E-state index >= 15 is 0 Å². The molecule has 0 aliphatic carbocycles. The van der Waals surface area contributed by atoms with Gasteiger partial charge in [0.2, 0.25) is 11.7 Å². The molecule has 1 amide bonds. The van der Waals surface area contributed by atoms with E-state index in [2.05, 4.69) is 0 Å². The molecular formula is C14H18FN3O3. The normalized spacial score (nSPS) is 18.9. The van der Waals surface area contributed by atoms with Crippen LogP contribution in [0.1, 0.15) is 19.4 Å². The number of carbonyl (C=O) groups is 1. The third-order valence-corrected chi connectivity index (χ3v) is 3.98. The molecule has 1 aliphatic rings. The van der Waals surface area contributed by atoms with Gasteiger partial charge in [-0.1, -0.05) is 12.1 Å². The molecule has 1 heterocycles. The second-order valence-corrected chi connectivity index (χ2v) is 5.71. The summed E-state index contributed by atoms with van der Waals surface area (Å²) in [5, 5.41) is 10.8. The molecule has 2 rings (SSSR count). The average Bonchev–Trinajstić information content (AvgIpc) is 2.41. The lowest BCUT2D eigenvalue weighted by Crippen LogP contribution is -2.61. The number of hydrogen-bond acceptors (Lipinski definition) is 4. The molecule has 1 aliphatic heterocycles. The van der Waals surface area contributed by atoms with Gasteiger partial charge in [0.05, 0.1) is 10.5 Å². The number of benzene rings is 1. The van der Waals surface area contributed by atoms with Gasteiger partial charge in [0, 0.05) is 38.3 Å². The second-order valence-electron chi connectivity index (χ2n) is 5.71. The minimum atomic E-state index is -0.829. The molecular weight excluding hydrogens is 277 g/mol. The molecule has 1 aromatic carbocycles. The molecule has 7 heteroatoms. The van der Waals surface area contributed by atoms with Gasteiger partial charge in [-0.25, -0.2) is 0 Å². The van der Waals surface area contributed by atoms with E-state index in [9.17, 15) is 19.3 Å². The van der Waals surface area contributed by atoms with Crippen LogP contribution in [0.25, 0.3) is 0 Å². The van der Waals surface area contributed by atoms with E-state index in [0.29, 0.717) is 13.1 Å². The zero-order valence-electron chi connectivity index (χ0n) is 12.3. The summed E-state index contributed by atoms with van der Waals surface area (Å²) in [4.78, 5) is 25.7. The number of nitrogens with zero attached hydrogens (tertiary/aromatic N) is 3. The Morgan fingerprint density at radius 3 is 2.67 bits per heavy atom. The Morgan fingerprint density at radius 2 is 2.05 bits per heavy atom. The minimum absolute atomic E-state index is 0.0420. The Kier molecular flexibility index (Phi) is 3.95. The lowest BCUT2D eigenvalue weighted by molar-refractivity contribution is -0.387. The van der Waals surface area contributed by atoms with E-state index in [1.807, 2.05) is 4.90 Å². The van der Waals surface area contributed by atoms with Gasteiger partial charge in [0.15, 0.2) is 0 Å². The molecule has 0 bridgehead atoms. The van der Waals surface area contributed by atoms with E-state index in [4.69, 9.17) is 0 Å². The van der Waals surface area contributed by atoms with Crippen LogP contribution in [0.15, 0.2) is 18.2 Å². The van der Waals surface area contributed by atoms with Gasteiger partial charge in [-0.15, -0.1) is 0 Å². The summed E-state index contributed by atoms with van der Waals surface area (Å²) in [5.41, 5.74) is -1.07. The van der Waals surface area contributed by atoms with Crippen LogP contribution in [0, 0.1) is 15.9 Å². The van der Waals surface area contributed by atoms with Crippen molar-refractivity contribution < 1.29 is 14.1 Å². The van der Waals surface area contributed by atoms with Crippen LogP contribution in [-0.2, 0) is 11.3 Å². The molecule has 6 nitrogen and oxygen atoms in total. The SMILES string of the molecule is CN1CCN(Cc2cccc([N+](=O)[O-])c2F)C(C)(C)C1=O. The smallest absolute Gasteiger partial charge is 0.305 e. The van der Waals surface area contributed by atoms with Crippen LogP contribution in [0.2, 0.25) is 0 Å². The first kappa shape index (κ1) is 15.4. The van der Waals surface area contributed by atoms with Crippen LogP contribution < -0.4 is 0 Å². The van der Waals surface area contributed by atoms with E-state index in [1.54, 1.807) is 25.8 Å². The average molecular weight is 295 g/mol. The summed E-state index contributed by atoms with van der Waals surface area (Å²) in [7, 11) is 1.73. The Hall–Kier alpha value is -2.02. The zero-order valence-corrected chi connectivity index (χ0v) is 12.3. The monoisotopic (exact) mass is 295 g/mol. The number of nitro groups is 1. The topological polar surface area (TPSA) is 66.7 Å². The lowest BCUT2D eigenvalue weighted by Gasteiger charge is -2.44. The third-order valence-electron chi connectivity index (χ3n) is 3.98. The van der Waals surface area contributed by atoms with E-state index in [1.165, 1.54) is 12.1 Å². The highest BCUT2D eigenvalue weighted by Crippen LogP contribution is 2.27. The number of halogens is 1. The number of amides is 1. The van der Waals surface area contributed by atoms with Gasteiger partial charge in [-0.3, -0.25) is 19.8 Å². The van der Waals surface area contributed by atoms with Crippen molar-refractivity contribution in [3.8, 4) is 0 Å². The van der Waals surface area contributed by atoms with Crippen LogP contribution in [0.3, 0.4) is 0 Å². The van der Waals surface area contributed by atoms with E-state index < -0.39 is 22.0 Å². The number of piperazine rings is 1. The van der Waals surface area contributed by atoms with Crippen LogP contribution in [-0.4, -0.2) is 46.3 Å². The molecule has 0 radical (unpaired) electrons. The molecule has 21 heavy (non-hydrogen) atoms. The Bertz CT molecular complexity index is 589. The third kappa shape index (κ3) is 2.73. The summed E-state index contributed by atoms with van der Waals surface area (Å²) < 4.78 is 14.1. The van der Waals surface area contributed by atoms with Crippen molar-refractivity contribution in [1.29, 1.82) is 0 Å². The maximum Gasteiger partial charge on any atom is 0.305 e. The molecule has 0 N–H and O–H groups in total. The largest absolute Gasteiger partial charge is 0.343 e. The van der Waals surface area contributed by atoms with Gasteiger partial charge in [0.1, 0.15) is 0 Å². The summed E-state index contributed by atoms with van der Waals surface area (Å²) >= 11 is 0. The maximum absolute atomic E-state index is 14.1. The van der Waals surface area contributed by atoms with Crippen molar-refractivity contribution in [2.75, 3.05) is 20.1 Å². The summed E-state index contributed by atoms with van der Waals surface area (Å²) in [6.07, 6.45) is 0. The predicted molar refractivity (Wildman–Crippen MR) is 75.2 cm³/mol. The lowest BCUT2D eigenvalue weighted by atomic mass is 9.96. The van der Waals surface area contributed by atoms with Crippen molar-refractivity contribution in [2.24, 2.45) is 0 Å². The Balaban J connectivity index is 2.28. The van der Waals surface area contributed by atoms with Crippen molar-refractivity contribution in [3.05, 3.63) is 39.7 Å². The van der Waals surface area contributed by atoms with Gasteiger partial charge in [-0.05, 0) is 13.8 Å². The molecule has 0 spiro atoms. The summed E-state index contributed by atoms with van der Waals surface area (Å²) in [6, 6.07) is 4.11. The van der Waals surface area contributed by atoms with Crippen LogP contribution in [0.5, 0.6) is 0 Å². The van der Waals surface area contributed by atoms with Gasteiger partial charge in [0.25, 0.3) is 0 Å². The number of nitro benzene ring substituents is 1. The first-order valence-corrected chi connectivity index (χ1v) is 6.67. The van der Waals surface area contributed by atoms with Crippen molar-refractivity contribution >= 4 is 11.6 Å². The fourth-order valence-corrected chi connectivity index (χ4v) is 2.57. The Morgan fingerprint density at radius 1 is 1.38 bits per heavy atom. The molecule has 0 unspecified atom stereocenters. The quantitative estimate of drug-likeness (QED) is 0.630. The molecule has 0 aromatic heterocycles. The number of hydrogen-bond donors (Lipinski definition) is 0. The fraction of sp³-hybridized carbons (Fsp3) is 0.500. The molecule has 114 valence electrons. The molecule has 1 saturated heterocycles. The van der Waals surface area contributed by atoms with Gasteiger partial charge >= 0.3 is 5.69 Å². The van der Waals surface area contributed by atoms with Gasteiger partial charge in [-0.2, -0.15) is 4.39 Å². The highest BCUT2D eigenvalue weighted by atomic mass is 19.1. The van der Waals surface area contributed by atoms with Crippen LogP contribution in [0.4, 0.5) is 10.1 Å². The number of likely N-dealkylation sites (N-methyl/N-ethyl adjacent to an activating group) is 1. The highest BCUT2D eigenvalue weighted by Gasteiger charge is 2.40. The molecule has 1 fully saturated rings. The van der Waals surface area contributed by atoms with E-state index in [-0.39, 0.29) is 18.0 Å². The van der Waals surface area contributed by atoms with Crippen LogP contribution >= 0.6 is 0 Å². The second kappa shape index (κ2) is 5.40. The molecule has 0 saturated carbocycles. The van der Waals surface area contributed by atoms with Gasteiger partial charge < -0.3 is 4.90 Å². The highest BCUT2D eigenvalue weighted by molar-refractivity contribution is 5.86. The Labute approximate surface area is 122 Å². The molecule has 0 atom stereocenters. The summed E-state index contributed by atoms with van der Waals surface area (Å²) in [5.74, 6) is -0.871. The maximum atomic E-state index is 14.1.